The standard InChI is InChI=1S/C20H21N5O/c1-2-25(15-16-7-4-3-5-8-16)19-11-10-18(23-24-19)20(26)22-14-17-9-6-12-21-13-17/h3-13H,2,14-15H2,1H3,(H,22,26). The maximum Gasteiger partial charge on any atom is 0.272 e. The third kappa shape index (κ3) is 4.63. The number of carbonyl (C=O) groups excluding carboxylic acids is 1. The predicted molar refractivity (Wildman–Crippen MR) is 101 cm³/mol. The summed E-state index contributed by atoms with van der Waals surface area (Å²) in [7, 11) is 0. The number of anilines is 1. The molecule has 1 N–H and O–H groups in total. The van der Waals surface area contributed by atoms with Crippen LogP contribution in [-0.2, 0) is 13.1 Å². The van der Waals surface area contributed by atoms with Crippen molar-refractivity contribution in [1.29, 1.82) is 0 Å². The van der Waals surface area contributed by atoms with Crippen LogP contribution in [-0.4, -0.2) is 27.6 Å². The molecule has 0 aliphatic heterocycles. The molecule has 3 rings (SSSR count). The van der Waals surface area contributed by atoms with Crippen molar-refractivity contribution in [3.8, 4) is 0 Å². The fourth-order valence-corrected chi connectivity index (χ4v) is 2.55. The molecule has 0 unspecified atom stereocenters. The Morgan fingerprint density at radius 2 is 1.81 bits per heavy atom. The molecule has 3 aromatic rings. The van der Waals surface area contributed by atoms with Crippen LogP contribution >= 0.6 is 0 Å². The van der Waals surface area contributed by atoms with Gasteiger partial charge in [0.2, 0.25) is 0 Å². The number of nitrogens with zero attached hydrogens (tertiary/aromatic N) is 4. The summed E-state index contributed by atoms with van der Waals surface area (Å²) in [5, 5.41) is 11.1. The molecule has 6 nitrogen and oxygen atoms in total. The zero-order valence-electron chi connectivity index (χ0n) is 14.7. The SMILES string of the molecule is CCN(Cc1ccccc1)c1ccc(C(=O)NCc2cccnc2)nn1. The van der Waals surface area contributed by atoms with E-state index in [4.69, 9.17) is 0 Å². The van der Waals surface area contributed by atoms with Gasteiger partial charge in [-0.15, -0.1) is 10.2 Å². The van der Waals surface area contributed by atoms with E-state index in [-0.39, 0.29) is 5.91 Å². The topological polar surface area (TPSA) is 71.0 Å². The van der Waals surface area contributed by atoms with Crippen molar-refractivity contribution >= 4 is 11.7 Å². The minimum atomic E-state index is -0.251. The van der Waals surface area contributed by atoms with Gasteiger partial charge in [0.1, 0.15) is 0 Å². The lowest BCUT2D eigenvalue weighted by Crippen LogP contribution is -2.26. The molecule has 0 radical (unpaired) electrons. The van der Waals surface area contributed by atoms with E-state index in [0.717, 1.165) is 24.5 Å². The molecule has 0 fully saturated rings. The van der Waals surface area contributed by atoms with Gasteiger partial charge in [-0.05, 0) is 36.2 Å². The molecule has 2 aromatic heterocycles. The summed E-state index contributed by atoms with van der Waals surface area (Å²) in [5.74, 6) is 0.499. The van der Waals surface area contributed by atoms with Gasteiger partial charge in [0, 0.05) is 32.0 Å². The third-order valence-corrected chi connectivity index (χ3v) is 3.98. The molecule has 0 saturated carbocycles. The number of hydrogen-bond acceptors (Lipinski definition) is 5. The van der Waals surface area contributed by atoms with Crippen LogP contribution in [0.2, 0.25) is 0 Å². The number of rotatable bonds is 7. The van der Waals surface area contributed by atoms with Crippen LogP contribution in [0.15, 0.2) is 67.0 Å². The molecule has 2 heterocycles. The molecule has 6 heteroatoms. The summed E-state index contributed by atoms with van der Waals surface area (Å²) >= 11 is 0. The van der Waals surface area contributed by atoms with Gasteiger partial charge >= 0.3 is 0 Å². The van der Waals surface area contributed by atoms with E-state index in [2.05, 4.69) is 44.5 Å². The normalized spacial score (nSPS) is 10.3. The van der Waals surface area contributed by atoms with E-state index >= 15 is 0 Å². The predicted octanol–water partition coefficient (Wildman–Crippen LogP) is 2.83. The Balaban J connectivity index is 1.62. The number of nitrogens with one attached hydrogen (secondary N) is 1. The smallest absolute Gasteiger partial charge is 0.272 e. The summed E-state index contributed by atoms with van der Waals surface area (Å²) in [6, 6.07) is 17.5. The molecule has 0 aliphatic rings. The fraction of sp³-hybridized carbons (Fsp3) is 0.200. The van der Waals surface area contributed by atoms with Gasteiger partial charge in [-0.3, -0.25) is 9.78 Å². The Morgan fingerprint density at radius 3 is 2.46 bits per heavy atom. The average molecular weight is 347 g/mol. The van der Waals surface area contributed by atoms with E-state index in [9.17, 15) is 4.79 Å². The van der Waals surface area contributed by atoms with Crippen LogP contribution in [0.4, 0.5) is 5.82 Å². The van der Waals surface area contributed by atoms with Gasteiger partial charge in [-0.2, -0.15) is 0 Å². The molecule has 0 bridgehead atoms. The average Bonchev–Trinajstić information content (AvgIpc) is 2.72. The first-order chi connectivity index (χ1) is 12.8. The van der Waals surface area contributed by atoms with Crippen molar-refractivity contribution in [1.82, 2.24) is 20.5 Å². The third-order valence-electron chi connectivity index (χ3n) is 3.98. The second-order valence-corrected chi connectivity index (χ2v) is 5.82. The largest absolute Gasteiger partial charge is 0.351 e. The van der Waals surface area contributed by atoms with Crippen LogP contribution in [0, 0.1) is 0 Å². The maximum absolute atomic E-state index is 12.2. The molecule has 0 aliphatic carbocycles. The summed E-state index contributed by atoms with van der Waals surface area (Å²) in [6.45, 7) is 4.03. The number of aromatic nitrogens is 3. The Bertz CT molecular complexity index is 822. The first kappa shape index (κ1) is 17.5. The van der Waals surface area contributed by atoms with Crippen LogP contribution in [0.25, 0.3) is 0 Å². The van der Waals surface area contributed by atoms with E-state index in [1.807, 2.05) is 36.4 Å². The number of carbonyl (C=O) groups is 1. The van der Waals surface area contributed by atoms with E-state index in [0.29, 0.717) is 12.2 Å². The lowest BCUT2D eigenvalue weighted by molar-refractivity contribution is 0.0945. The molecule has 26 heavy (non-hydrogen) atoms. The van der Waals surface area contributed by atoms with E-state index < -0.39 is 0 Å². The summed E-state index contributed by atoms with van der Waals surface area (Å²) < 4.78 is 0. The van der Waals surface area contributed by atoms with Crippen LogP contribution < -0.4 is 10.2 Å². The van der Waals surface area contributed by atoms with Crippen molar-refractivity contribution in [3.05, 3.63) is 83.8 Å². The molecule has 0 spiro atoms. The highest BCUT2D eigenvalue weighted by molar-refractivity contribution is 5.92. The summed E-state index contributed by atoms with van der Waals surface area (Å²) in [6.07, 6.45) is 3.42. The highest BCUT2D eigenvalue weighted by Gasteiger charge is 2.11. The van der Waals surface area contributed by atoms with Gasteiger partial charge < -0.3 is 10.2 Å². The van der Waals surface area contributed by atoms with E-state index in [1.54, 1.807) is 18.5 Å². The quantitative estimate of drug-likeness (QED) is 0.712. The minimum Gasteiger partial charge on any atom is -0.351 e. The molecular formula is C20H21N5O. The van der Waals surface area contributed by atoms with Gasteiger partial charge in [-0.1, -0.05) is 36.4 Å². The molecule has 0 saturated heterocycles. The van der Waals surface area contributed by atoms with Crippen LogP contribution in [0.3, 0.4) is 0 Å². The Kier molecular flexibility index (Phi) is 5.88. The Morgan fingerprint density at radius 1 is 1.00 bits per heavy atom. The van der Waals surface area contributed by atoms with Crippen LogP contribution in [0.1, 0.15) is 28.5 Å². The lowest BCUT2D eigenvalue weighted by atomic mass is 10.2. The van der Waals surface area contributed by atoms with Gasteiger partial charge in [0.25, 0.3) is 5.91 Å². The zero-order chi connectivity index (χ0) is 18.2. The first-order valence-electron chi connectivity index (χ1n) is 8.56. The van der Waals surface area contributed by atoms with Gasteiger partial charge in [0.15, 0.2) is 11.5 Å². The molecule has 1 aromatic carbocycles. The first-order valence-corrected chi connectivity index (χ1v) is 8.56. The number of pyridine rings is 1. The second kappa shape index (κ2) is 8.71. The molecule has 132 valence electrons. The lowest BCUT2D eigenvalue weighted by Gasteiger charge is -2.21. The zero-order valence-corrected chi connectivity index (χ0v) is 14.7. The Labute approximate surface area is 152 Å². The fourth-order valence-electron chi connectivity index (χ4n) is 2.55. The highest BCUT2D eigenvalue weighted by Crippen LogP contribution is 2.13. The van der Waals surface area contributed by atoms with Gasteiger partial charge in [-0.25, -0.2) is 0 Å². The molecular weight excluding hydrogens is 326 g/mol. The molecule has 1 amide bonds. The van der Waals surface area contributed by atoms with Crippen LogP contribution in [0.5, 0.6) is 0 Å². The Hall–Kier alpha value is -3.28. The van der Waals surface area contributed by atoms with Crippen molar-refractivity contribution in [3.63, 3.8) is 0 Å². The van der Waals surface area contributed by atoms with Crippen molar-refractivity contribution in [2.45, 2.75) is 20.0 Å². The number of benzene rings is 1. The van der Waals surface area contributed by atoms with E-state index in [1.165, 1.54) is 5.56 Å². The second-order valence-electron chi connectivity index (χ2n) is 5.82. The highest BCUT2D eigenvalue weighted by atomic mass is 16.1. The monoisotopic (exact) mass is 347 g/mol. The number of amides is 1. The van der Waals surface area contributed by atoms with Crippen molar-refractivity contribution in [2.24, 2.45) is 0 Å². The number of hydrogen-bond donors (Lipinski definition) is 1. The minimum absolute atomic E-state index is 0.251. The summed E-state index contributed by atoms with van der Waals surface area (Å²) in [5.41, 5.74) is 2.44. The molecule has 0 atom stereocenters. The van der Waals surface area contributed by atoms with Gasteiger partial charge in [0.05, 0.1) is 0 Å². The van der Waals surface area contributed by atoms with Crippen molar-refractivity contribution in [2.75, 3.05) is 11.4 Å². The summed E-state index contributed by atoms with van der Waals surface area (Å²) in [4.78, 5) is 18.3. The van der Waals surface area contributed by atoms with Crippen molar-refractivity contribution < 1.29 is 4.79 Å². The maximum atomic E-state index is 12.2.